The molecule has 67 heavy (non-hydrogen) atoms. The summed E-state index contributed by atoms with van der Waals surface area (Å²) in [6, 6.07) is 0. The number of carbonyl (C=O) groups is 3. The third-order valence-corrected chi connectivity index (χ3v) is 11.5. The predicted molar refractivity (Wildman–Crippen MR) is 288 cm³/mol. The van der Waals surface area contributed by atoms with Gasteiger partial charge in [0.25, 0.3) is 0 Å². The van der Waals surface area contributed by atoms with Crippen LogP contribution in [0.1, 0.15) is 252 Å². The zero-order valence-corrected chi connectivity index (χ0v) is 43.6. The molecule has 1 atom stereocenters. The number of rotatable bonds is 49. The minimum Gasteiger partial charge on any atom is -0.462 e. The van der Waals surface area contributed by atoms with Crippen molar-refractivity contribution >= 4 is 17.9 Å². The third-order valence-electron chi connectivity index (χ3n) is 11.5. The van der Waals surface area contributed by atoms with E-state index < -0.39 is 6.10 Å². The maximum Gasteiger partial charge on any atom is 0.306 e. The number of allylic oxidation sites excluding steroid dienone is 16. The highest BCUT2D eigenvalue weighted by atomic mass is 16.6. The average Bonchev–Trinajstić information content (AvgIpc) is 3.33. The Balaban J connectivity index is 4.48. The quantitative estimate of drug-likeness (QED) is 0.0262. The van der Waals surface area contributed by atoms with E-state index in [2.05, 4.69) is 118 Å². The fourth-order valence-electron chi connectivity index (χ4n) is 7.37. The molecule has 0 spiro atoms. The summed E-state index contributed by atoms with van der Waals surface area (Å²) in [5.74, 6) is -0.942. The zero-order chi connectivity index (χ0) is 48.6. The van der Waals surface area contributed by atoms with Crippen molar-refractivity contribution in [2.45, 2.75) is 258 Å². The van der Waals surface area contributed by atoms with Crippen LogP contribution in [0.2, 0.25) is 0 Å². The third kappa shape index (κ3) is 53.2. The summed E-state index contributed by atoms with van der Waals surface area (Å²) >= 11 is 0. The summed E-state index contributed by atoms with van der Waals surface area (Å²) in [4.78, 5) is 38.1. The van der Waals surface area contributed by atoms with Crippen LogP contribution in [0.5, 0.6) is 0 Å². The van der Waals surface area contributed by atoms with E-state index in [9.17, 15) is 14.4 Å². The van der Waals surface area contributed by atoms with Crippen LogP contribution in [-0.4, -0.2) is 37.2 Å². The molecule has 0 radical (unpaired) electrons. The van der Waals surface area contributed by atoms with Crippen molar-refractivity contribution in [1.29, 1.82) is 0 Å². The molecule has 0 bridgehead atoms. The summed E-state index contributed by atoms with van der Waals surface area (Å²) in [7, 11) is 0. The molecule has 0 N–H and O–H groups in total. The van der Waals surface area contributed by atoms with Gasteiger partial charge >= 0.3 is 17.9 Å². The van der Waals surface area contributed by atoms with Gasteiger partial charge in [-0.2, -0.15) is 0 Å². The molecule has 0 saturated heterocycles. The largest absolute Gasteiger partial charge is 0.462 e. The molecular weight excluding hydrogens is 829 g/mol. The molecule has 0 aliphatic carbocycles. The lowest BCUT2D eigenvalue weighted by molar-refractivity contribution is -0.167. The Hall–Kier alpha value is -3.67. The van der Waals surface area contributed by atoms with Crippen LogP contribution in [-0.2, 0) is 28.6 Å². The first kappa shape index (κ1) is 63.3. The number of carbonyl (C=O) groups excluding carboxylic acids is 3. The van der Waals surface area contributed by atoms with Crippen LogP contribution in [0.3, 0.4) is 0 Å². The van der Waals surface area contributed by atoms with E-state index in [0.29, 0.717) is 19.3 Å². The molecule has 0 aliphatic rings. The smallest absolute Gasteiger partial charge is 0.306 e. The van der Waals surface area contributed by atoms with E-state index >= 15 is 0 Å². The molecule has 382 valence electrons. The van der Waals surface area contributed by atoms with Gasteiger partial charge in [0.15, 0.2) is 6.10 Å². The van der Waals surface area contributed by atoms with Gasteiger partial charge in [-0.3, -0.25) is 14.4 Å². The van der Waals surface area contributed by atoms with E-state index in [1.807, 2.05) is 0 Å². The van der Waals surface area contributed by atoms with E-state index in [-0.39, 0.29) is 31.1 Å². The molecule has 6 nitrogen and oxygen atoms in total. The minimum absolute atomic E-state index is 0.0980. The predicted octanol–water partition coefficient (Wildman–Crippen LogP) is 18.5. The molecule has 0 fully saturated rings. The average molecular weight is 931 g/mol. The number of unbranched alkanes of at least 4 members (excludes halogenated alkanes) is 22. The Morgan fingerprint density at radius 3 is 0.910 bits per heavy atom. The molecule has 0 heterocycles. The topological polar surface area (TPSA) is 78.9 Å². The first-order chi connectivity index (χ1) is 33.0. The Bertz CT molecular complexity index is 1350. The van der Waals surface area contributed by atoms with Crippen molar-refractivity contribution in [2.24, 2.45) is 0 Å². The van der Waals surface area contributed by atoms with E-state index in [1.165, 1.54) is 77.0 Å². The first-order valence-corrected chi connectivity index (χ1v) is 27.7. The second-order valence-corrected chi connectivity index (χ2v) is 18.1. The SMILES string of the molecule is CC/C=C/C/C=C/C/C=C/CCCCCCCC(=O)OC[C@H](COC(=O)CCCCCC/C=C/C/C=C/C/C=C/CCCCC)OC(=O)CCCCCCCCC/C=C/C/C=C/CCCCC. The van der Waals surface area contributed by atoms with Crippen LogP contribution >= 0.6 is 0 Å². The Kier molecular flexibility index (Phi) is 51.9. The molecule has 6 heteroatoms. The molecule has 0 aromatic rings. The Morgan fingerprint density at radius 1 is 0.313 bits per heavy atom. The standard InChI is InChI=1S/C61H102O6/c1-4-7-10-13-16-19-22-25-28-30-33-36-39-42-45-48-51-54-60(63)66-57-58(56-65-59(62)53-50-47-44-41-38-35-32-27-24-21-18-15-12-9-6-3)67-61(64)55-52-49-46-43-40-37-34-31-29-26-23-20-17-14-11-8-5-2/h9,12,16-21,25-29,32-33,36,58H,4-8,10-11,13-15,22-24,30-31,34-35,37-57H2,1-3H3/b12-9+,19-16+,20-17+,21-18+,28-25+,29-26+,32-27+,36-33+/t58-/m1/s1. The summed E-state index contributed by atoms with van der Waals surface area (Å²) in [6.45, 7) is 6.43. The highest BCUT2D eigenvalue weighted by Gasteiger charge is 2.19. The van der Waals surface area contributed by atoms with Crippen molar-refractivity contribution < 1.29 is 28.6 Å². The lowest BCUT2D eigenvalue weighted by Gasteiger charge is -2.18. The molecule has 0 aliphatic heterocycles. The molecule has 0 saturated carbocycles. The van der Waals surface area contributed by atoms with Crippen molar-refractivity contribution in [3.05, 3.63) is 97.2 Å². The Labute approximate surface area is 413 Å². The van der Waals surface area contributed by atoms with Crippen LogP contribution in [0.25, 0.3) is 0 Å². The molecule has 0 unspecified atom stereocenters. The molecular formula is C61H102O6. The first-order valence-electron chi connectivity index (χ1n) is 27.7. The van der Waals surface area contributed by atoms with Gasteiger partial charge in [0.2, 0.25) is 0 Å². The van der Waals surface area contributed by atoms with Crippen LogP contribution < -0.4 is 0 Å². The number of hydrogen-bond donors (Lipinski definition) is 0. The van der Waals surface area contributed by atoms with Gasteiger partial charge in [-0.1, -0.05) is 208 Å². The summed E-state index contributed by atoms with van der Waals surface area (Å²) in [5, 5.41) is 0. The fourth-order valence-corrected chi connectivity index (χ4v) is 7.37. The number of esters is 3. The summed E-state index contributed by atoms with van der Waals surface area (Å²) in [5.41, 5.74) is 0. The zero-order valence-electron chi connectivity index (χ0n) is 43.6. The van der Waals surface area contributed by atoms with Gasteiger partial charge < -0.3 is 14.2 Å². The van der Waals surface area contributed by atoms with Crippen LogP contribution in [0.4, 0.5) is 0 Å². The summed E-state index contributed by atoms with van der Waals surface area (Å²) in [6.07, 6.45) is 72.4. The van der Waals surface area contributed by atoms with E-state index in [1.54, 1.807) is 0 Å². The second-order valence-electron chi connectivity index (χ2n) is 18.1. The maximum absolute atomic E-state index is 12.8. The number of hydrogen-bond acceptors (Lipinski definition) is 6. The maximum atomic E-state index is 12.8. The molecule has 0 aromatic carbocycles. The van der Waals surface area contributed by atoms with Gasteiger partial charge in [-0.05, 0) is 122 Å². The molecule has 0 amide bonds. The lowest BCUT2D eigenvalue weighted by Crippen LogP contribution is -2.30. The van der Waals surface area contributed by atoms with Crippen molar-refractivity contribution in [3.8, 4) is 0 Å². The minimum atomic E-state index is -0.800. The van der Waals surface area contributed by atoms with Gasteiger partial charge in [0, 0.05) is 19.3 Å². The highest BCUT2D eigenvalue weighted by Crippen LogP contribution is 2.14. The van der Waals surface area contributed by atoms with Crippen LogP contribution in [0, 0.1) is 0 Å². The van der Waals surface area contributed by atoms with Crippen LogP contribution in [0.15, 0.2) is 97.2 Å². The van der Waals surface area contributed by atoms with Gasteiger partial charge in [-0.25, -0.2) is 0 Å². The Morgan fingerprint density at radius 2 is 0.582 bits per heavy atom. The molecule has 0 rings (SSSR count). The fraction of sp³-hybridized carbons (Fsp3) is 0.689. The van der Waals surface area contributed by atoms with Gasteiger partial charge in [0.1, 0.15) is 13.2 Å². The van der Waals surface area contributed by atoms with Gasteiger partial charge in [0.05, 0.1) is 0 Å². The number of ether oxygens (including phenoxy) is 3. The highest BCUT2D eigenvalue weighted by molar-refractivity contribution is 5.71. The van der Waals surface area contributed by atoms with E-state index in [0.717, 1.165) is 135 Å². The summed E-state index contributed by atoms with van der Waals surface area (Å²) < 4.78 is 16.8. The van der Waals surface area contributed by atoms with Gasteiger partial charge in [-0.15, -0.1) is 0 Å². The van der Waals surface area contributed by atoms with Crippen molar-refractivity contribution in [2.75, 3.05) is 13.2 Å². The normalized spacial score (nSPS) is 12.8. The van der Waals surface area contributed by atoms with Crippen molar-refractivity contribution in [1.82, 2.24) is 0 Å². The lowest BCUT2D eigenvalue weighted by atomic mass is 10.1. The second kappa shape index (κ2) is 54.9. The van der Waals surface area contributed by atoms with Crippen molar-refractivity contribution in [3.63, 3.8) is 0 Å². The monoisotopic (exact) mass is 931 g/mol. The molecule has 0 aromatic heterocycles. The van der Waals surface area contributed by atoms with E-state index in [4.69, 9.17) is 14.2 Å².